The molecule has 0 radical (unpaired) electrons. The summed E-state index contributed by atoms with van der Waals surface area (Å²) >= 11 is 5.98. The average molecular weight is 309 g/mol. The van der Waals surface area contributed by atoms with E-state index in [0.29, 0.717) is 17.3 Å². The summed E-state index contributed by atoms with van der Waals surface area (Å²) in [5.74, 6) is 0.806. The van der Waals surface area contributed by atoms with Gasteiger partial charge in [-0.05, 0) is 25.5 Å². The van der Waals surface area contributed by atoms with Gasteiger partial charge < -0.3 is 10.1 Å². The molecule has 0 saturated heterocycles. The molecule has 110 valence electrons. The first-order chi connectivity index (χ1) is 9.92. The minimum Gasteiger partial charge on any atom is -0.437 e. The lowest BCUT2D eigenvalue weighted by Gasteiger charge is -2.10. The molecule has 2 rings (SSSR count). The number of anilines is 1. The molecule has 8 heteroatoms. The molecular formula is C13H13ClN4O3. The number of nitro groups is 1. The minimum absolute atomic E-state index is 0.0189. The van der Waals surface area contributed by atoms with Crippen molar-refractivity contribution in [3.8, 4) is 11.6 Å². The van der Waals surface area contributed by atoms with Crippen LogP contribution in [0.25, 0.3) is 0 Å². The van der Waals surface area contributed by atoms with E-state index >= 15 is 0 Å². The molecule has 0 amide bonds. The van der Waals surface area contributed by atoms with Gasteiger partial charge in [0.1, 0.15) is 10.8 Å². The second-order valence-electron chi connectivity index (χ2n) is 4.36. The Labute approximate surface area is 126 Å². The molecule has 1 N–H and O–H groups in total. The van der Waals surface area contributed by atoms with E-state index in [1.807, 2.05) is 0 Å². The summed E-state index contributed by atoms with van der Waals surface area (Å²) in [5, 5.41) is 14.0. The molecule has 1 aromatic carbocycles. The normalized spacial score (nSPS) is 10.3. The Bertz CT molecular complexity index is 706. The van der Waals surface area contributed by atoms with Crippen molar-refractivity contribution in [2.75, 3.05) is 12.4 Å². The molecule has 0 aliphatic heterocycles. The van der Waals surface area contributed by atoms with E-state index in [-0.39, 0.29) is 16.6 Å². The number of hydrogen-bond acceptors (Lipinski definition) is 6. The van der Waals surface area contributed by atoms with E-state index in [1.165, 1.54) is 12.3 Å². The molecule has 0 bridgehead atoms. The molecule has 1 aromatic heterocycles. The van der Waals surface area contributed by atoms with Crippen LogP contribution in [0.4, 0.5) is 11.6 Å². The first kappa shape index (κ1) is 15.0. The zero-order valence-corrected chi connectivity index (χ0v) is 12.4. The summed E-state index contributed by atoms with van der Waals surface area (Å²) in [4.78, 5) is 18.6. The smallest absolute Gasteiger partial charge is 0.276 e. The van der Waals surface area contributed by atoms with Gasteiger partial charge in [-0.15, -0.1) is 0 Å². The molecule has 0 aliphatic rings. The monoisotopic (exact) mass is 308 g/mol. The van der Waals surface area contributed by atoms with Crippen LogP contribution < -0.4 is 10.1 Å². The van der Waals surface area contributed by atoms with E-state index in [4.69, 9.17) is 16.3 Å². The van der Waals surface area contributed by atoms with Crippen molar-refractivity contribution < 1.29 is 9.66 Å². The van der Waals surface area contributed by atoms with Crippen LogP contribution in [0, 0.1) is 24.0 Å². The predicted molar refractivity (Wildman–Crippen MR) is 79.2 cm³/mol. The van der Waals surface area contributed by atoms with Gasteiger partial charge in [0.15, 0.2) is 0 Å². The topological polar surface area (TPSA) is 90.2 Å². The van der Waals surface area contributed by atoms with Crippen molar-refractivity contribution in [2.45, 2.75) is 13.8 Å². The summed E-state index contributed by atoms with van der Waals surface area (Å²) in [6.45, 7) is 3.46. The Balaban J connectivity index is 2.44. The van der Waals surface area contributed by atoms with Crippen LogP contribution in [0.15, 0.2) is 18.3 Å². The summed E-state index contributed by atoms with van der Waals surface area (Å²) in [6.07, 6.45) is 1.40. The van der Waals surface area contributed by atoms with Gasteiger partial charge in [0.2, 0.25) is 11.8 Å². The van der Waals surface area contributed by atoms with Gasteiger partial charge >= 0.3 is 0 Å². The molecule has 2 aromatic rings. The first-order valence-corrected chi connectivity index (χ1v) is 6.44. The van der Waals surface area contributed by atoms with E-state index in [0.717, 1.165) is 5.56 Å². The molecule has 0 unspecified atom stereocenters. The lowest BCUT2D eigenvalue weighted by atomic mass is 10.1. The maximum atomic E-state index is 11.0. The number of rotatable bonds is 4. The number of aromatic nitrogens is 2. The van der Waals surface area contributed by atoms with Gasteiger partial charge in [-0.2, -0.15) is 4.98 Å². The number of nitro benzene ring substituents is 1. The Morgan fingerprint density at radius 2 is 2.05 bits per heavy atom. The van der Waals surface area contributed by atoms with Crippen molar-refractivity contribution in [1.29, 1.82) is 0 Å². The number of benzene rings is 1. The summed E-state index contributed by atoms with van der Waals surface area (Å²) < 4.78 is 5.60. The van der Waals surface area contributed by atoms with Gasteiger partial charge in [-0.25, -0.2) is 4.98 Å². The highest BCUT2D eigenvalue weighted by Gasteiger charge is 2.16. The highest BCUT2D eigenvalue weighted by Crippen LogP contribution is 2.33. The fraction of sp³-hybridized carbons (Fsp3) is 0.231. The molecular weight excluding hydrogens is 296 g/mol. The third-order valence-corrected chi connectivity index (χ3v) is 3.09. The van der Waals surface area contributed by atoms with E-state index in [1.54, 1.807) is 27.0 Å². The van der Waals surface area contributed by atoms with Crippen molar-refractivity contribution in [2.24, 2.45) is 0 Å². The van der Waals surface area contributed by atoms with Gasteiger partial charge in [0, 0.05) is 12.6 Å². The predicted octanol–water partition coefficient (Wildman–Crippen LogP) is 3.49. The second-order valence-corrected chi connectivity index (χ2v) is 4.77. The fourth-order valence-corrected chi connectivity index (χ4v) is 1.91. The molecule has 1 heterocycles. The molecule has 0 atom stereocenters. The zero-order valence-electron chi connectivity index (χ0n) is 11.7. The number of hydrogen-bond donors (Lipinski definition) is 1. The van der Waals surface area contributed by atoms with Crippen LogP contribution in [-0.4, -0.2) is 21.9 Å². The standard InChI is InChI=1S/C13H13ClN4O3/c1-7-4-8(2)11(5-10(7)18(19)20)21-12-9(14)6-16-13(15-3)17-12/h4-6H,1-3H3,(H,15,16,17). The molecule has 7 nitrogen and oxygen atoms in total. The largest absolute Gasteiger partial charge is 0.437 e. The Morgan fingerprint density at radius 3 is 2.67 bits per heavy atom. The maximum absolute atomic E-state index is 11.0. The zero-order chi connectivity index (χ0) is 15.6. The van der Waals surface area contributed by atoms with Crippen LogP contribution in [0.5, 0.6) is 11.6 Å². The second kappa shape index (κ2) is 5.92. The highest BCUT2D eigenvalue weighted by molar-refractivity contribution is 6.31. The lowest BCUT2D eigenvalue weighted by molar-refractivity contribution is -0.385. The van der Waals surface area contributed by atoms with Crippen molar-refractivity contribution in [3.05, 3.63) is 44.6 Å². The average Bonchev–Trinajstić information content (AvgIpc) is 2.43. The molecule has 0 fully saturated rings. The Hall–Kier alpha value is -2.41. The van der Waals surface area contributed by atoms with Crippen LogP contribution in [0.3, 0.4) is 0 Å². The number of halogens is 1. The van der Waals surface area contributed by atoms with Gasteiger partial charge in [0.25, 0.3) is 5.69 Å². The fourth-order valence-electron chi connectivity index (χ4n) is 1.78. The van der Waals surface area contributed by atoms with Crippen molar-refractivity contribution in [3.63, 3.8) is 0 Å². The van der Waals surface area contributed by atoms with E-state index in [2.05, 4.69) is 15.3 Å². The number of ether oxygens (including phenoxy) is 1. The lowest BCUT2D eigenvalue weighted by Crippen LogP contribution is -2.00. The van der Waals surface area contributed by atoms with E-state index in [9.17, 15) is 10.1 Å². The summed E-state index contributed by atoms with van der Waals surface area (Å²) in [7, 11) is 1.66. The van der Waals surface area contributed by atoms with E-state index < -0.39 is 4.92 Å². The third-order valence-electron chi connectivity index (χ3n) is 2.83. The molecule has 0 aliphatic carbocycles. The third kappa shape index (κ3) is 3.19. The Morgan fingerprint density at radius 1 is 1.33 bits per heavy atom. The molecule has 0 spiro atoms. The summed E-state index contributed by atoms with van der Waals surface area (Å²) in [6, 6.07) is 3.05. The number of nitrogens with one attached hydrogen (secondary N) is 1. The number of aryl methyl sites for hydroxylation is 2. The Kier molecular flexibility index (Phi) is 4.23. The minimum atomic E-state index is -0.456. The van der Waals surface area contributed by atoms with Crippen molar-refractivity contribution >= 4 is 23.2 Å². The van der Waals surface area contributed by atoms with Crippen LogP contribution >= 0.6 is 11.6 Å². The van der Waals surface area contributed by atoms with Gasteiger partial charge in [-0.1, -0.05) is 11.6 Å². The maximum Gasteiger partial charge on any atom is 0.276 e. The van der Waals surface area contributed by atoms with Crippen molar-refractivity contribution in [1.82, 2.24) is 9.97 Å². The van der Waals surface area contributed by atoms with Crippen LogP contribution in [-0.2, 0) is 0 Å². The van der Waals surface area contributed by atoms with Crippen LogP contribution in [0.2, 0.25) is 5.02 Å². The number of nitrogens with zero attached hydrogens (tertiary/aromatic N) is 3. The molecule has 0 saturated carbocycles. The summed E-state index contributed by atoms with van der Waals surface area (Å²) in [5.41, 5.74) is 1.29. The van der Waals surface area contributed by atoms with Gasteiger partial charge in [0.05, 0.1) is 17.2 Å². The SMILES string of the molecule is CNc1ncc(Cl)c(Oc2cc([N+](=O)[O-])c(C)cc2C)n1. The quantitative estimate of drug-likeness (QED) is 0.687. The van der Waals surface area contributed by atoms with Crippen LogP contribution in [0.1, 0.15) is 11.1 Å². The van der Waals surface area contributed by atoms with Gasteiger partial charge in [-0.3, -0.25) is 10.1 Å². The highest BCUT2D eigenvalue weighted by atomic mass is 35.5. The first-order valence-electron chi connectivity index (χ1n) is 6.06. The molecule has 21 heavy (non-hydrogen) atoms.